The minimum atomic E-state index is -0.395. The third-order valence-electron chi connectivity index (χ3n) is 4.40. The van der Waals surface area contributed by atoms with Crippen LogP contribution in [-0.2, 0) is 19.0 Å². The fourth-order valence-corrected chi connectivity index (χ4v) is 3.64. The summed E-state index contributed by atoms with van der Waals surface area (Å²) in [7, 11) is 3.44. The van der Waals surface area contributed by atoms with Gasteiger partial charge in [-0.1, -0.05) is 5.57 Å². The fourth-order valence-electron chi connectivity index (χ4n) is 3.64. The molecular weight excluding hydrogens is 244 g/mol. The van der Waals surface area contributed by atoms with Crippen molar-refractivity contribution in [3.05, 3.63) is 11.6 Å². The van der Waals surface area contributed by atoms with E-state index in [0.29, 0.717) is 19.1 Å². The molecule has 108 valence electrons. The molecule has 0 N–H and O–H groups in total. The molecule has 4 heteroatoms. The number of carbonyl (C=O) groups excluding carboxylic acids is 1. The predicted octanol–water partition coefficient (Wildman–Crippen LogP) is 2.33. The Balaban J connectivity index is 2.24. The van der Waals surface area contributed by atoms with Gasteiger partial charge in [0.2, 0.25) is 0 Å². The van der Waals surface area contributed by atoms with Crippen LogP contribution < -0.4 is 0 Å². The van der Waals surface area contributed by atoms with Crippen molar-refractivity contribution in [3.8, 4) is 0 Å². The molecule has 0 radical (unpaired) electrons. The Kier molecular flexibility index (Phi) is 4.02. The molecule has 4 nitrogen and oxygen atoms in total. The van der Waals surface area contributed by atoms with E-state index in [0.717, 1.165) is 19.3 Å². The highest BCUT2D eigenvalue weighted by Gasteiger charge is 2.47. The van der Waals surface area contributed by atoms with Crippen LogP contribution in [0.15, 0.2) is 11.6 Å². The second-order valence-electron chi connectivity index (χ2n) is 6.38. The van der Waals surface area contributed by atoms with Crippen molar-refractivity contribution in [2.45, 2.75) is 38.7 Å². The molecule has 0 aromatic heterocycles. The standard InChI is InChI=1S/C15H24O4/c1-14(2)12-5-6-15(9-17-3,10-18-4)8-11(12)7-13(16)19-14/h7,12H,5-6,8-10H2,1-4H3. The van der Waals surface area contributed by atoms with Crippen LogP contribution in [0.1, 0.15) is 33.1 Å². The lowest BCUT2D eigenvalue weighted by Gasteiger charge is -2.47. The average molecular weight is 268 g/mol. The molecule has 19 heavy (non-hydrogen) atoms. The molecule has 0 amide bonds. The molecule has 1 saturated carbocycles. The first-order valence-corrected chi connectivity index (χ1v) is 6.84. The molecule has 0 bridgehead atoms. The van der Waals surface area contributed by atoms with E-state index in [4.69, 9.17) is 14.2 Å². The normalized spacial score (nSPS) is 28.3. The molecular formula is C15H24O4. The Morgan fingerprint density at radius 3 is 2.53 bits per heavy atom. The Hall–Kier alpha value is -0.870. The van der Waals surface area contributed by atoms with Crippen LogP contribution in [0, 0.1) is 11.3 Å². The highest BCUT2D eigenvalue weighted by Crippen LogP contribution is 2.48. The Morgan fingerprint density at radius 1 is 1.32 bits per heavy atom. The Labute approximate surface area is 115 Å². The van der Waals surface area contributed by atoms with Gasteiger partial charge in [0.05, 0.1) is 13.2 Å². The van der Waals surface area contributed by atoms with Gasteiger partial charge in [-0.05, 0) is 33.1 Å². The van der Waals surface area contributed by atoms with Gasteiger partial charge >= 0.3 is 5.97 Å². The summed E-state index contributed by atoms with van der Waals surface area (Å²) in [4.78, 5) is 11.7. The van der Waals surface area contributed by atoms with Crippen LogP contribution in [0.2, 0.25) is 0 Å². The van der Waals surface area contributed by atoms with Crippen molar-refractivity contribution in [2.75, 3.05) is 27.4 Å². The van der Waals surface area contributed by atoms with Gasteiger partial charge < -0.3 is 14.2 Å². The van der Waals surface area contributed by atoms with Crippen molar-refractivity contribution >= 4 is 5.97 Å². The number of fused-ring (bicyclic) bond motifs is 1. The summed E-state index contributed by atoms with van der Waals surface area (Å²) in [5.74, 6) is 0.105. The Morgan fingerprint density at radius 2 is 1.95 bits per heavy atom. The van der Waals surface area contributed by atoms with Crippen molar-refractivity contribution in [1.29, 1.82) is 0 Å². The summed E-state index contributed by atoms with van der Waals surface area (Å²) < 4.78 is 16.2. The second kappa shape index (κ2) is 5.25. The molecule has 0 aromatic carbocycles. The van der Waals surface area contributed by atoms with Crippen molar-refractivity contribution in [1.82, 2.24) is 0 Å². The number of carbonyl (C=O) groups is 1. The zero-order valence-electron chi connectivity index (χ0n) is 12.3. The molecule has 0 saturated heterocycles. The van der Waals surface area contributed by atoms with Crippen LogP contribution in [0.5, 0.6) is 0 Å². The van der Waals surface area contributed by atoms with Crippen molar-refractivity contribution < 1.29 is 19.0 Å². The topological polar surface area (TPSA) is 44.8 Å². The average Bonchev–Trinajstić information content (AvgIpc) is 2.27. The molecule has 1 heterocycles. The zero-order chi connectivity index (χ0) is 14.1. The van der Waals surface area contributed by atoms with E-state index < -0.39 is 5.60 Å². The number of cyclic esters (lactones) is 1. The van der Waals surface area contributed by atoms with Gasteiger partial charge in [0.1, 0.15) is 5.60 Å². The molecule has 0 aromatic rings. The van der Waals surface area contributed by atoms with Crippen LogP contribution >= 0.6 is 0 Å². The molecule has 1 unspecified atom stereocenters. The maximum absolute atomic E-state index is 11.7. The lowest BCUT2D eigenvalue weighted by atomic mass is 9.64. The zero-order valence-corrected chi connectivity index (χ0v) is 12.3. The second-order valence-corrected chi connectivity index (χ2v) is 6.38. The number of esters is 1. The van der Waals surface area contributed by atoms with Crippen LogP contribution in [-0.4, -0.2) is 39.0 Å². The van der Waals surface area contributed by atoms with E-state index in [1.807, 2.05) is 13.8 Å². The highest BCUT2D eigenvalue weighted by atomic mass is 16.6. The number of rotatable bonds is 4. The molecule has 2 aliphatic rings. The van der Waals surface area contributed by atoms with Crippen molar-refractivity contribution in [2.24, 2.45) is 11.3 Å². The number of hydrogen-bond acceptors (Lipinski definition) is 4. The van der Waals surface area contributed by atoms with Crippen LogP contribution in [0.3, 0.4) is 0 Å². The van der Waals surface area contributed by atoms with Gasteiger partial charge in [0.25, 0.3) is 0 Å². The lowest BCUT2D eigenvalue weighted by molar-refractivity contribution is -0.159. The monoisotopic (exact) mass is 268 g/mol. The fraction of sp³-hybridized carbons (Fsp3) is 0.800. The summed E-state index contributed by atoms with van der Waals surface area (Å²) in [5.41, 5.74) is 0.800. The summed E-state index contributed by atoms with van der Waals surface area (Å²) in [6, 6.07) is 0. The van der Waals surface area contributed by atoms with Gasteiger partial charge in [-0.3, -0.25) is 0 Å². The van der Waals surface area contributed by atoms with E-state index >= 15 is 0 Å². The summed E-state index contributed by atoms with van der Waals surface area (Å²) in [6.07, 6.45) is 4.59. The lowest BCUT2D eigenvalue weighted by Crippen LogP contribution is -2.47. The third-order valence-corrected chi connectivity index (χ3v) is 4.40. The SMILES string of the molecule is COCC1(COC)CCC2C(=CC(=O)OC2(C)C)C1. The first-order valence-electron chi connectivity index (χ1n) is 6.84. The van der Waals surface area contributed by atoms with E-state index in [1.54, 1.807) is 20.3 Å². The Bertz CT molecular complexity index is 378. The maximum atomic E-state index is 11.7. The minimum Gasteiger partial charge on any atom is -0.456 e. The highest BCUT2D eigenvalue weighted by molar-refractivity contribution is 5.84. The molecule has 0 spiro atoms. The summed E-state index contributed by atoms with van der Waals surface area (Å²) in [5, 5.41) is 0. The van der Waals surface area contributed by atoms with Gasteiger partial charge in [-0.2, -0.15) is 0 Å². The predicted molar refractivity (Wildman–Crippen MR) is 71.8 cm³/mol. The van der Waals surface area contributed by atoms with E-state index in [2.05, 4.69) is 0 Å². The molecule has 1 fully saturated rings. The largest absolute Gasteiger partial charge is 0.456 e. The smallest absolute Gasteiger partial charge is 0.331 e. The van der Waals surface area contributed by atoms with E-state index in [-0.39, 0.29) is 11.4 Å². The van der Waals surface area contributed by atoms with Gasteiger partial charge in [0, 0.05) is 31.6 Å². The van der Waals surface area contributed by atoms with E-state index in [9.17, 15) is 4.79 Å². The first-order chi connectivity index (χ1) is 8.92. The molecule has 1 atom stereocenters. The number of hydrogen-bond donors (Lipinski definition) is 0. The quantitative estimate of drug-likeness (QED) is 0.734. The number of methoxy groups -OCH3 is 2. The van der Waals surface area contributed by atoms with Crippen LogP contribution in [0.25, 0.3) is 0 Å². The minimum absolute atomic E-state index is 0.000463. The third kappa shape index (κ3) is 2.84. The molecule has 1 aliphatic heterocycles. The van der Waals surface area contributed by atoms with Gasteiger partial charge in [-0.15, -0.1) is 0 Å². The van der Waals surface area contributed by atoms with Crippen LogP contribution in [0.4, 0.5) is 0 Å². The summed E-state index contributed by atoms with van der Waals surface area (Å²) >= 11 is 0. The maximum Gasteiger partial charge on any atom is 0.331 e. The molecule has 2 rings (SSSR count). The first kappa shape index (κ1) is 14.5. The van der Waals surface area contributed by atoms with Gasteiger partial charge in [-0.25, -0.2) is 4.79 Å². The van der Waals surface area contributed by atoms with Crippen molar-refractivity contribution in [3.63, 3.8) is 0 Å². The molecule has 1 aliphatic carbocycles. The van der Waals surface area contributed by atoms with E-state index in [1.165, 1.54) is 5.57 Å². The number of ether oxygens (including phenoxy) is 3. The summed E-state index contributed by atoms with van der Waals surface area (Å²) in [6.45, 7) is 5.34. The van der Waals surface area contributed by atoms with Gasteiger partial charge in [0.15, 0.2) is 0 Å².